The first kappa shape index (κ1) is 15.3. The van der Waals surface area contributed by atoms with Gasteiger partial charge in [0.25, 0.3) is 0 Å². The summed E-state index contributed by atoms with van der Waals surface area (Å²) in [6.07, 6.45) is 4.77. The summed E-state index contributed by atoms with van der Waals surface area (Å²) >= 11 is 0. The number of hydrogen-bond donors (Lipinski definition) is 1. The number of rotatable bonds is 7. The first-order chi connectivity index (χ1) is 9.78. The summed E-state index contributed by atoms with van der Waals surface area (Å²) in [7, 11) is 0. The van der Waals surface area contributed by atoms with Crippen LogP contribution in [0.2, 0.25) is 0 Å². The number of hydrogen-bond acceptors (Lipinski definition) is 3. The van der Waals surface area contributed by atoms with Gasteiger partial charge >= 0.3 is 0 Å². The number of nitrogens with two attached hydrogens (primary N) is 1. The van der Waals surface area contributed by atoms with Crippen LogP contribution in [0.15, 0.2) is 24.3 Å². The number of likely N-dealkylation sites (tertiary alicyclic amines) is 1. The number of unbranched alkanes of at least 4 members (excludes halogenated alkanes) is 1. The highest BCUT2D eigenvalue weighted by molar-refractivity contribution is 5.28. The van der Waals surface area contributed by atoms with E-state index in [4.69, 9.17) is 10.5 Å². The van der Waals surface area contributed by atoms with E-state index in [0.717, 1.165) is 44.2 Å². The van der Waals surface area contributed by atoms with E-state index in [1.807, 2.05) is 6.07 Å². The minimum atomic E-state index is 0.747. The lowest BCUT2D eigenvalue weighted by atomic mass is 10.00. The third kappa shape index (κ3) is 5.14. The van der Waals surface area contributed by atoms with Gasteiger partial charge in [0.05, 0.1) is 6.61 Å². The standard InChI is InChI=1S/C17H28N2O/c1-15-6-5-10-19(13-15)14-16-7-4-8-17(12-16)20-11-3-2-9-18/h4,7-8,12,15H,2-3,5-6,9-11,13-14,18H2,1H3. The monoisotopic (exact) mass is 276 g/mol. The second kappa shape index (κ2) is 8.28. The van der Waals surface area contributed by atoms with Gasteiger partial charge in [-0.25, -0.2) is 0 Å². The SMILES string of the molecule is CC1CCCN(Cc2cccc(OCCCCN)c2)C1. The Kier molecular flexibility index (Phi) is 6.34. The van der Waals surface area contributed by atoms with Crippen molar-refractivity contribution >= 4 is 0 Å². The lowest BCUT2D eigenvalue weighted by Gasteiger charge is -2.30. The molecule has 1 heterocycles. The zero-order chi connectivity index (χ0) is 14.2. The van der Waals surface area contributed by atoms with E-state index in [1.54, 1.807) is 0 Å². The van der Waals surface area contributed by atoms with Crippen LogP contribution in [-0.2, 0) is 6.54 Å². The maximum Gasteiger partial charge on any atom is 0.119 e. The molecule has 0 aliphatic carbocycles. The van der Waals surface area contributed by atoms with Crippen molar-refractivity contribution in [2.75, 3.05) is 26.2 Å². The topological polar surface area (TPSA) is 38.5 Å². The van der Waals surface area contributed by atoms with Crippen molar-refractivity contribution in [1.82, 2.24) is 4.90 Å². The fourth-order valence-electron chi connectivity index (χ4n) is 2.86. The quantitative estimate of drug-likeness (QED) is 0.778. The summed E-state index contributed by atoms with van der Waals surface area (Å²) < 4.78 is 5.78. The van der Waals surface area contributed by atoms with Crippen LogP contribution in [-0.4, -0.2) is 31.1 Å². The molecule has 3 heteroatoms. The Morgan fingerprint density at radius 3 is 3.05 bits per heavy atom. The van der Waals surface area contributed by atoms with Crippen LogP contribution in [0.5, 0.6) is 5.75 Å². The first-order valence-corrected chi connectivity index (χ1v) is 7.92. The highest BCUT2D eigenvalue weighted by Crippen LogP contribution is 2.20. The van der Waals surface area contributed by atoms with Gasteiger partial charge in [0, 0.05) is 13.1 Å². The van der Waals surface area contributed by atoms with Gasteiger partial charge in [0.2, 0.25) is 0 Å². The molecule has 1 unspecified atom stereocenters. The van der Waals surface area contributed by atoms with E-state index < -0.39 is 0 Å². The molecule has 2 rings (SSSR count). The first-order valence-electron chi connectivity index (χ1n) is 7.92. The summed E-state index contributed by atoms with van der Waals surface area (Å²) in [5, 5.41) is 0. The molecule has 0 radical (unpaired) electrons. The predicted molar refractivity (Wildman–Crippen MR) is 83.9 cm³/mol. The summed E-state index contributed by atoms with van der Waals surface area (Å²) in [5.41, 5.74) is 6.84. The van der Waals surface area contributed by atoms with Crippen LogP contribution in [0.25, 0.3) is 0 Å². The van der Waals surface area contributed by atoms with Crippen molar-refractivity contribution in [3.63, 3.8) is 0 Å². The van der Waals surface area contributed by atoms with Gasteiger partial charge in [-0.05, 0) is 62.4 Å². The molecule has 20 heavy (non-hydrogen) atoms. The summed E-state index contributed by atoms with van der Waals surface area (Å²) in [5.74, 6) is 1.82. The van der Waals surface area contributed by atoms with Crippen LogP contribution in [0, 0.1) is 5.92 Å². The Bertz CT molecular complexity index is 394. The molecular formula is C17H28N2O. The predicted octanol–water partition coefficient (Wildman–Crippen LogP) is 3.04. The van der Waals surface area contributed by atoms with Crippen LogP contribution in [0.1, 0.15) is 38.2 Å². The molecule has 1 aliphatic heterocycles. The van der Waals surface area contributed by atoms with Gasteiger partial charge in [-0.1, -0.05) is 19.1 Å². The van der Waals surface area contributed by atoms with E-state index >= 15 is 0 Å². The lowest BCUT2D eigenvalue weighted by molar-refractivity contribution is 0.176. The van der Waals surface area contributed by atoms with Gasteiger partial charge in [-0.15, -0.1) is 0 Å². The Morgan fingerprint density at radius 1 is 1.35 bits per heavy atom. The number of piperidine rings is 1. The lowest BCUT2D eigenvalue weighted by Crippen LogP contribution is -2.33. The van der Waals surface area contributed by atoms with Crippen LogP contribution in [0.4, 0.5) is 0 Å². The fourth-order valence-corrected chi connectivity index (χ4v) is 2.86. The van der Waals surface area contributed by atoms with Gasteiger partial charge < -0.3 is 10.5 Å². The molecule has 1 aliphatic rings. The van der Waals surface area contributed by atoms with E-state index in [2.05, 4.69) is 30.0 Å². The molecule has 1 aromatic carbocycles. The highest BCUT2D eigenvalue weighted by atomic mass is 16.5. The molecular weight excluding hydrogens is 248 g/mol. The average Bonchev–Trinajstić information content (AvgIpc) is 2.44. The molecule has 0 amide bonds. The molecule has 1 aromatic rings. The Labute approximate surface area is 123 Å². The zero-order valence-electron chi connectivity index (χ0n) is 12.7. The highest BCUT2D eigenvalue weighted by Gasteiger charge is 2.16. The molecule has 112 valence electrons. The average molecular weight is 276 g/mol. The second-order valence-corrected chi connectivity index (χ2v) is 5.97. The van der Waals surface area contributed by atoms with E-state index in [0.29, 0.717) is 0 Å². The van der Waals surface area contributed by atoms with Crippen molar-refractivity contribution < 1.29 is 4.74 Å². The number of benzene rings is 1. The summed E-state index contributed by atoms with van der Waals surface area (Å²) in [6.45, 7) is 7.36. The van der Waals surface area contributed by atoms with E-state index in [9.17, 15) is 0 Å². The Hall–Kier alpha value is -1.06. The maximum absolute atomic E-state index is 5.78. The Balaban J connectivity index is 1.82. The fraction of sp³-hybridized carbons (Fsp3) is 0.647. The van der Waals surface area contributed by atoms with Gasteiger partial charge in [-0.3, -0.25) is 4.90 Å². The number of ether oxygens (including phenoxy) is 1. The summed E-state index contributed by atoms with van der Waals surface area (Å²) in [4.78, 5) is 2.56. The zero-order valence-corrected chi connectivity index (χ0v) is 12.7. The minimum absolute atomic E-state index is 0.747. The largest absolute Gasteiger partial charge is 0.494 e. The van der Waals surface area contributed by atoms with Crippen LogP contribution >= 0.6 is 0 Å². The molecule has 1 atom stereocenters. The van der Waals surface area contributed by atoms with E-state index in [1.165, 1.54) is 31.5 Å². The number of nitrogens with zero attached hydrogens (tertiary/aromatic N) is 1. The molecule has 0 spiro atoms. The molecule has 2 N–H and O–H groups in total. The van der Waals surface area contributed by atoms with E-state index in [-0.39, 0.29) is 0 Å². The van der Waals surface area contributed by atoms with Crippen molar-refractivity contribution in [1.29, 1.82) is 0 Å². The third-order valence-electron chi connectivity index (χ3n) is 3.91. The third-order valence-corrected chi connectivity index (χ3v) is 3.91. The van der Waals surface area contributed by atoms with Crippen LogP contribution < -0.4 is 10.5 Å². The molecule has 1 fully saturated rings. The van der Waals surface area contributed by atoms with Crippen molar-refractivity contribution in [2.45, 2.75) is 39.2 Å². The second-order valence-electron chi connectivity index (χ2n) is 5.97. The van der Waals surface area contributed by atoms with Crippen molar-refractivity contribution in [3.8, 4) is 5.75 Å². The van der Waals surface area contributed by atoms with Crippen LogP contribution in [0.3, 0.4) is 0 Å². The summed E-state index contributed by atoms with van der Waals surface area (Å²) in [6, 6.07) is 8.53. The normalized spacial score (nSPS) is 20.0. The Morgan fingerprint density at radius 2 is 2.25 bits per heavy atom. The minimum Gasteiger partial charge on any atom is -0.494 e. The van der Waals surface area contributed by atoms with Gasteiger partial charge in [-0.2, -0.15) is 0 Å². The molecule has 0 bridgehead atoms. The van der Waals surface area contributed by atoms with Gasteiger partial charge in [0.15, 0.2) is 0 Å². The van der Waals surface area contributed by atoms with Gasteiger partial charge in [0.1, 0.15) is 5.75 Å². The smallest absolute Gasteiger partial charge is 0.119 e. The maximum atomic E-state index is 5.78. The molecule has 0 aromatic heterocycles. The molecule has 0 saturated carbocycles. The molecule has 1 saturated heterocycles. The van der Waals surface area contributed by atoms with Crippen molar-refractivity contribution in [2.24, 2.45) is 11.7 Å². The van der Waals surface area contributed by atoms with Crippen molar-refractivity contribution in [3.05, 3.63) is 29.8 Å². The molecule has 3 nitrogen and oxygen atoms in total.